The zero-order chi connectivity index (χ0) is 24.4. The van der Waals surface area contributed by atoms with Gasteiger partial charge in [-0.3, -0.25) is 14.9 Å². The van der Waals surface area contributed by atoms with Gasteiger partial charge in [-0.2, -0.15) is 0 Å². The first-order valence-corrected chi connectivity index (χ1v) is 11.9. The van der Waals surface area contributed by atoms with E-state index in [1.165, 1.54) is 11.6 Å². The number of anilines is 2. The number of fused-ring (bicyclic) bond motifs is 1. The van der Waals surface area contributed by atoms with E-state index in [1.807, 2.05) is 35.2 Å². The van der Waals surface area contributed by atoms with Gasteiger partial charge >= 0.3 is 0 Å². The second-order valence-electron chi connectivity index (χ2n) is 8.71. The third kappa shape index (κ3) is 4.73. The third-order valence-electron chi connectivity index (χ3n) is 6.38. The third-order valence-corrected chi connectivity index (χ3v) is 6.38. The van der Waals surface area contributed by atoms with Crippen molar-refractivity contribution in [3.63, 3.8) is 0 Å². The summed E-state index contributed by atoms with van der Waals surface area (Å²) in [4.78, 5) is 30.7. The monoisotopic (exact) mass is 470 g/mol. The second kappa shape index (κ2) is 9.58. The molecule has 1 aliphatic rings. The van der Waals surface area contributed by atoms with Gasteiger partial charge in [0, 0.05) is 36.0 Å². The standard InChI is InChI=1S/C27H26N4O4/c1-2-18-6-13-25-22(16-18)29-27(35-25)19-7-10-21(11-8-19)28-26(32)20-9-12-23(24(17-20)31(33)34)30-14-4-3-5-15-30/h6-13,16-17H,2-5,14-15H2,1H3,(H,28,32). The van der Waals surface area contributed by atoms with Crippen LogP contribution in [0.4, 0.5) is 17.1 Å². The lowest BCUT2D eigenvalue weighted by Crippen LogP contribution is -2.30. The predicted molar refractivity (Wildman–Crippen MR) is 136 cm³/mol. The zero-order valence-corrected chi connectivity index (χ0v) is 19.5. The number of nitro groups is 1. The fourth-order valence-electron chi connectivity index (χ4n) is 4.43. The molecule has 1 saturated heterocycles. The van der Waals surface area contributed by atoms with E-state index in [0.717, 1.165) is 55.4 Å². The number of amides is 1. The van der Waals surface area contributed by atoms with Crippen LogP contribution in [0.25, 0.3) is 22.6 Å². The van der Waals surface area contributed by atoms with Crippen molar-refractivity contribution in [3.05, 3.63) is 81.9 Å². The molecule has 1 amide bonds. The van der Waals surface area contributed by atoms with E-state index in [4.69, 9.17) is 4.42 Å². The molecule has 1 fully saturated rings. The molecule has 35 heavy (non-hydrogen) atoms. The Morgan fingerprint density at radius 3 is 2.54 bits per heavy atom. The van der Waals surface area contributed by atoms with Crippen LogP contribution in [0.3, 0.4) is 0 Å². The molecule has 8 heteroatoms. The molecule has 0 aliphatic carbocycles. The van der Waals surface area contributed by atoms with Gasteiger partial charge in [-0.05, 0) is 79.8 Å². The van der Waals surface area contributed by atoms with Crippen LogP contribution in [0.15, 0.2) is 65.1 Å². The molecule has 1 aliphatic heterocycles. The van der Waals surface area contributed by atoms with Crippen molar-refractivity contribution in [2.75, 3.05) is 23.3 Å². The number of oxazole rings is 1. The number of nitrogens with one attached hydrogen (secondary N) is 1. The van der Waals surface area contributed by atoms with Crippen LogP contribution in [0, 0.1) is 10.1 Å². The van der Waals surface area contributed by atoms with E-state index in [2.05, 4.69) is 17.2 Å². The largest absolute Gasteiger partial charge is 0.436 e. The Kier molecular flexibility index (Phi) is 6.18. The lowest BCUT2D eigenvalue weighted by molar-refractivity contribution is -0.384. The van der Waals surface area contributed by atoms with Gasteiger partial charge in [0.15, 0.2) is 5.58 Å². The van der Waals surface area contributed by atoms with E-state index in [0.29, 0.717) is 17.3 Å². The maximum Gasteiger partial charge on any atom is 0.293 e. The summed E-state index contributed by atoms with van der Waals surface area (Å²) in [6, 6.07) is 17.8. The number of hydrogen-bond acceptors (Lipinski definition) is 6. The van der Waals surface area contributed by atoms with E-state index >= 15 is 0 Å². The van der Waals surface area contributed by atoms with Crippen molar-refractivity contribution in [3.8, 4) is 11.5 Å². The fourth-order valence-corrected chi connectivity index (χ4v) is 4.43. The number of aromatic nitrogens is 1. The van der Waals surface area contributed by atoms with E-state index in [1.54, 1.807) is 24.3 Å². The van der Waals surface area contributed by atoms with Crippen molar-refractivity contribution >= 4 is 34.1 Å². The van der Waals surface area contributed by atoms with Crippen LogP contribution in [-0.2, 0) is 6.42 Å². The maximum atomic E-state index is 12.8. The van der Waals surface area contributed by atoms with Crippen molar-refractivity contribution in [2.45, 2.75) is 32.6 Å². The Morgan fingerprint density at radius 1 is 1.06 bits per heavy atom. The van der Waals surface area contributed by atoms with Gasteiger partial charge in [-0.1, -0.05) is 13.0 Å². The molecule has 1 N–H and O–H groups in total. The Labute approximate surface area is 202 Å². The number of nitrogens with zero attached hydrogens (tertiary/aromatic N) is 3. The van der Waals surface area contributed by atoms with Gasteiger partial charge in [0.25, 0.3) is 11.6 Å². The SMILES string of the molecule is CCc1ccc2oc(-c3ccc(NC(=O)c4ccc(N5CCCCC5)c([N+](=O)[O-])c4)cc3)nc2c1. The average molecular weight is 471 g/mol. The lowest BCUT2D eigenvalue weighted by Gasteiger charge is -2.28. The second-order valence-corrected chi connectivity index (χ2v) is 8.71. The Balaban J connectivity index is 1.32. The van der Waals surface area contributed by atoms with Crippen molar-refractivity contribution < 1.29 is 14.1 Å². The number of piperidine rings is 1. The van der Waals surface area contributed by atoms with E-state index in [-0.39, 0.29) is 11.3 Å². The lowest BCUT2D eigenvalue weighted by atomic mass is 10.1. The number of hydrogen-bond donors (Lipinski definition) is 1. The molecule has 0 saturated carbocycles. The Bertz CT molecular complexity index is 1390. The molecule has 2 heterocycles. The average Bonchev–Trinajstić information content (AvgIpc) is 3.32. The molecular formula is C27H26N4O4. The quantitative estimate of drug-likeness (QED) is 0.266. The van der Waals surface area contributed by atoms with Gasteiger partial charge < -0.3 is 14.6 Å². The summed E-state index contributed by atoms with van der Waals surface area (Å²) < 4.78 is 5.87. The predicted octanol–water partition coefficient (Wildman–Crippen LogP) is 6.21. The van der Waals surface area contributed by atoms with Crippen LogP contribution in [-0.4, -0.2) is 28.9 Å². The van der Waals surface area contributed by atoms with Crippen LogP contribution >= 0.6 is 0 Å². The van der Waals surface area contributed by atoms with Crippen molar-refractivity contribution in [2.24, 2.45) is 0 Å². The molecule has 4 aromatic rings. The Hall–Kier alpha value is -4.20. The molecule has 0 bridgehead atoms. The first kappa shape index (κ1) is 22.6. The van der Waals surface area contributed by atoms with Crippen molar-refractivity contribution in [1.82, 2.24) is 4.98 Å². The van der Waals surface area contributed by atoms with Gasteiger partial charge in [0.2, 0.25) is 5.89 Å². The van der Waals surface area contributed by atoms with Crippen LogP contribution in [0.5, 0.6) is 0 Å². The number of rotatable bonds is 6. The summed E-state index contributed by atoms with van der Waals surface area (Å²) in [5, 5.41) is 14.5. The first-order chi connectivity index (χ1) is 17.0. The highest BCUT2D eigenvalue weighted by Crippen LogP contribution is 2.32. The molecule has 1 aromatic heterocycles. The highest BCUT2D eigenvalue weighted by atomic mass is 16.6. The minimum absolute atomic E-state index is 0.0444. The molecule has 0 atom stereocenters. The minimum Gasteiger partial charge on any atom is -0.436 e. The van der Waals surface area contributed by atoms with Gasteiger partial charge in [-0.15, -0.1) is 0 Å². The summed E-state index contributed by atoms with van der Waals surface area (Å²) in [6.45, 7) is 3.67. The molecule has 8 nitrogen and oxygen atoms in total. The molecule has 3 aromatic carbocycles. The Morgan fingerprint density at radius 2 is 1.83 bits per heavy atom. The highest BCUT2D eigenvalue weighted by Gasteiger charge is 2.23. The summed E-state index contributed by atoms with van der Waals surface area (Å²) in [5.41, 5.74) is 4.86. The topological polar surface area (TPSA) is 102 Å². The number of aryl methyl sites for hydroxylation is 1. The number of benzene rings is 3. The summed E-state index contributed by atoms with van der Waals surface area (Å²) in [7, 11) is 0. The van der Waals surface area contributed by atoms with E-state index in [9.17, 15) is 14.9 Å². The smallest absolute Gasteiger partial charge is 0.293 e. The number of nitro benzene ring substituents is 1. The summed E-state index contributed by atoms with van der Waals surface area (Å²) in [5.74, 6) is 0.107. The molecule has 0 spiro atoms. The summed E-state index contributed by atoms with van der Waals surface area (Å²) in [6.07, 6.45) is 4.09. The van der Waals surface area contributed by atoms with E-state index < -0.39 is 10.8 Å². The van der Waals surface area contributed by atoms with Gasteiger partial charge in [0.1, 0.15) is 11.2 Å². The molecular weight excluding hydrogens is 444 g/mol. The van der Waals surface area contributed by atoms with Gasteiger partial charge in [-0.25, -0.2) is 4.98 Å². The fraction of sp³-hybridized carbons (Fsp3) is 0.259. The maximum absolute atomic E-state index is 12.8. The zero-order valence-electron chi connectivity index (χ0n) is 19.5. The van der Waals surface area contributed by atoms with Gasteiger partial charge in [0.05, 0.1) is 4.92 Å². The van der Waals surface area contributed by atoms with Crippen LogP contribution in [0.1, 0.15) is 42.1 Å². The van der Waals surface area contributed by atoms with Crippen LogP contribution < -0.4 is 10.2 Å². The number of carbonyl (C=O) groups excluding carboxylic acids is 1. The normalized spacial score (nSPS) is 13.7. The minimum atomic E-state index is -0.417. The summed E-state index contributed by atoms with van der Waals surface area (Å²) >= 11 is 0. The molecule has 0 radical (unpaired) electrons. The highest BCUT2D eigenvalue weighted by molar-refractivity contribution is 6.05. The molecule has 178 valence electrons. The number of carbonyl (C=O) groups is 1. The molecule has 0 unspecified atom stereocenters. The first-order valence-electron chi connectivity index (χ1n) is 11.9. The van der Waals surface area contributed by atoms with Crippen molar-refractivity contribution in [1.29, 1.82) is 0 Å². The van der Waals surface area contributed by atoms with Crippen LogP contribution in [0.2, 0.25) is 0 Å². The molecule has 5 rings (SSSR count).